The van der Waals surface area contributed by atoms with Gasteiger partial charge in [0.2, 0.25) is 23.7 Å². The fourth-order valence-corrected chi connectivity index (χ4v) is 15.8. The standard InChI is InChI=1S/2C32H34N6O3.C29H32BrN5O2.C3H3NO.3O2S/c1-21-18-34-30(35-23-9-8-15-37(19-23)31(39)41-32(2,3)4)36-28(21)26-20-38(24-10-6-5-7-11-24)27-17-22(12-13-25(26)27)29-33-14-16-40-29;1-21-16-34-30(35-23-9-8-14-37(18-23)31(39)41-32(2,3)4)36-29(21)26-19-38(24-10-6-5-7-11-24)27-15-22(12-13-25(26)27)28-17-33-20-40-28;1-19-16-31-27(32-21-9-8-14-34(17-21)28(36)37-29(2,3)4)33-26(19)24-18-35(22-10-6-5-7-11-22)25-15-20(30)12-13-23(24)25;1-2-5-3-4-1;3*1-3-2/h5-7,10-14,16-18,20,23H,8-9,15,19H2,1-4H3,(H,34,35,36);5-7,10-13,15-17,19-20,23H,8-9,14,18H2,1-4H3,(H,34,35,36);5-7,10-13,15-16,18,21H,8-9,14,17H2,1-4H3,(H,31,32,33);1-3H;;;/t2*23-;21-;;;;/m000..../s1. The summed E-state index contributed by atoms with van der Waals surface area (Å²) in [5.74, 6) is 2.94. The normalized spacial score (nSPS) is 14.7. The van der Waals surface area contributed by atoms with Crippen LogP contribution in [-0.2, 0) is 48.9 Å². The number of rotatable bonds is 14. The van der Waals surface area contributed by atoms with E-state index in [2.05, 4.69) is 177 Å². The van der Waals surface area contributed by atoms with Crippen molar-refractivity contribution in [2.75, 3.05) is 55.2 Å². The molecule has 37 heteroatoms. The number of fused-ring (bicyclic) bond motifs is 3. The van der Waals surface area contributed by atoms with E-state index in [9.17, 15) is 14.4 Å². The number of halogens is 1. The van der Waals surface area contributed by atoms with E-state index in [0.717, 1.165) is 154 Å². The molecule has 3 fully saturated rings. The number of anilines is 3. The van der Waals surface area contributed by atoms with Gasteiger partial charge in [0.05, 0.1) is 52.2 Å². The van der Waals surface area contributed by atoms with Crippen molar-refractivity contribution in [2.24, 2.45) is 0 Å². The Balaban J connectivity index is 0.000000168. The predicted molar refractivity (Wildman–Crippen MR) is 512 cm³/mol. The van der Waals surface area contributed by atoms with E-state index >= 15 is 0 Å². The number of para-hydroxylation sites is 3. The lowest BCUT2D eigenvalue weighted by atomic mass is 10.0. The van der Waals surface area contributed by atoms with E-state index in [4.69, 9.17) is 63.3 Å². The number of carbonyl (C=O) groups is 3. The Morgan fingerprint density at radius 3 is 1.11 bits per heavy atom. The van der Waals surface area contributed by atoms with Crippen LogP contribution in [0.1, 0.15) is 118 Å². The lowest BCUT2D eigenvalue weighted by molar-refractivity contribution is 0.0196. The number of hydrogen-bond donors (Lipinski definition) is 3. The Kier molecular flexibility index (Phi) is 33.7. The van der Waals surface area contributed by atoms with Crippen LogP contribution < -0.4 is 16.0 Å². The molecule has 9 aromatic heterocycles. The highest BCUT2D eigenvalue weighted by Gasteiger charge is 2.33. The number of hydrogen-bond acceptors (Lipinski definition) is 27. The number of amides is 3. The Hall–Kier alpha value is -14.0. The predicted octanol–water partition coefficient (Wildman–Crippen LogP) is 19.4. The summed E-state index contributed by atoms with van der Waals surface area (Å²) < 4.78 is 89.7. The van der Waals surface area contributed by atoms with Gasteiger partial charge in [-0.3, -0.25) is 0 Å². The second-order valence-corrected chi connectivity index (χ2v) is 35.7. The topological polar surface area (TPSA) is 397 Å². The molecule has 3 N–H and O–H groups in total. The van der Waals surface area contributed by atoms with Gasteiger partial charge < -0.3 is 71.8 Å². The SMILES string of the molecule is Cc1cnc(N[C@H]2CCCN(C(=O)OC(C)(C)C)C2)nc1-c1cn(-c2ccccc2)c2cc(-c3cnco3)ccc12.Cc1cnc(N[C@H]2CCCN(C(=O)OC(C)(C)C)C2)nc1-c1cn(-c2ccccc2)c2cc(-c3ncco3)ccc12.Cc1cnc(N[C@H]2CCCN(C(=O)OC(C)(C)C)C2)nc1-c1cn(-c2ccccc2)c2cc(Br)ccc12.O=S=O.O=S=O.O=S=O.c1cocn1. The number of oxazole rings is 3. The van der Waals surface area contributed by atoms with Gasteiger partial charge in [0.15, 0.2) is 18.5 Å². The summed E-state index contributed by atoms with van der Waals surface area (Å²) in [6.45, 7) is 26.8. The minimum absolute atomic E-state index is 0.0286. The van der Waals surface area contributed by atoms with Crippen LogP contribution in [0.15, 0.2) is 244 Å². The van der Waals surface area contributed by atoms with Gasteiger partial charge in [0.25, 0.3) is 0 Å². The minimum atomic E-state index is -0.750. The molecule has 18 rings (SSSR count). The van der Waals surface area contributed by atoms with Crippen LogP contribution in [0.4, 0.5) is 32.2 Å². The van der Waals surface area contributed by atoms with Gasteiger partial charge in [-0.1, -0.05) is 94.8 Å². The third-order valence-corrected chi connectivity index (χ3v) is 21.6. The zero-order valence-electron chi connectivity index (χ0n) is 75.5. The summed E-state index contributed by atoms with van der Waals surface area (Å²) in [5, 5.41) is 13.7. The monoisotopic (exact) mass is 1920 g/mol. The van der Waals surface area contributed by atoms with Gasteiger partial charge in [-0.15, -0.1) is 0 Å². The number of carbonyl (C=O) groups excluding carboxylic acids is 3. The average molecular weight is 1930 g/mol. The molecule has 0 spiro atoms. The Bertz CT molecular complexity index is 6230. The van der Waals surface area contributed by atoms with Crippen molar-refractivity contribution in [3.05, 3.63) is 248 Å². The fraction of sp³-hybridized carbons (Fsp3) is 0.312. The molecule has 133 heavy (non-hydrogen) atoms. The molecule has 3 aliphatic rings. The first-order valence-electron chi connectivity index (χ1n) is 42.8. The first kappa shape index (κ1) is 98.0. The number of likely N-dealkylation sites (tertiary alicyclic amines) is 3. The van der Waals surface area contributed by atoms with Gasteiger partial charge in [-0.25, -0.2) is 59.2 Å². The Labute approximate surface area is 787 Å². The molecule has 3 saturated heterocycles. The van der Waals surface area contributed by atoms with E-state index in [0.29, 0.717) is 68.8 Å². The summed E-state index contributed by atoms with van der Waals surface area (Å²) in [6.07, 6.45) is 27.5. The number of piperidine rings is 3. The lowest BCUT2D eigenvalue weighted by Crippen LogP contribution is -2.47. The highest BCUT2D eigenvalue weighted by atomic mass is 79.9. The van der Waals surface area contributed by atoms with Crippen LogP contribution >= 0.6 is 15.9 Å². The molecule has 6 aromatic carbocycles. The van der Waals surface area contributed by atoms with Crippen LogP contribution in [0.3, 0.4) is 0 Å². The molecule has 33 nitrogen and oxygen atoms in total. The molecule has 3 amide bonds. The number of nitrogens with zero attached hydrogens (tertiary/aromatic N) is 15. The van der Waals surface area contributed by atoms with E-state index in [-0.39, 0.29) is 36.4 Å². The number of ether oxygens (including phenoxy) is 3. The lowest BCUT2D eigenvalue weighted by Gasteiger charge is -2.34. The van der Waals surface area contributed by atoms with E-state index in [1.54, 1.807) is 39.6 Å². The highest BCUT2D eigenvalue weighted by molar-refractivity contribution is 9.10. The average Bonchev–Trinajstić information content (AvgIpc) is 1.62. The quantitative estimate of drug-likeness (QED) is 0.0851. The molecule has 0 saturated carbocycles. The van der Waals surface area contributed by atoms with Gasteiger partial charge in [0, 0.05) is 160 Å². The van der Waals surface area contributed by atoms with Crippen molar-refractivity contribution in [3.63, 3.8) is 0 Å². The van der Waals surface area contributed by atoms with Crippen molar-refractivity contribution in [3.8, 4) is 73.6 Å². The zero-order chi connectivity index (χ0) is 94.9. The van der Waals surface area contributed by atoms with Gasteiger partial charge in [-0.2, -0.15) is 25.3 Å². The number of benzene rings is 6. The molecule has 3 aliphatic heterocycles. The maximum Gasteiger partial charge on any atom is 0.410 e. The molecule has 692 valence electrons. The van der Waals surface area contributed by atoms with Crippen LogP contribution in [0.25, 0.3) is 106 Å². The molecule has 12 heterocycles. The van der Waals surface area contributed by atoms with Gasteiger partial charge in [0.1, 0.15) is 29.3 Å². The van der Waals surface area contributed by atoms with E-state index in [1.807, 2.05) is 168 Å². The van der Waals surface area contributed by atoms with Gasteiger partial charge in [-0.05, 0) is 205 Å². The molecule has 0 bridgehead atoms. The summed E-state index contributed by atoms with van der Waals surface area (Å²) in [5.41, 5.74) is 15.2. The fourth-order valence-electron chi connectivity index (χ4n) is 15.5. The number of aromatic nitrogens is 12. The zero-order valence-corrected chi connectivity index (χ0v) is 79.5. The van der Waals surface area contributed by atoms with Crippen LogP contribution in [0, 0.1) is 20.8 Å². The smallest absolute Gasteiger partial charge is 0.410 e. The summed E-state index contributed by atoms with van der Waals surface area (Å²) in [6, 6.07) is 49.7. The van der Waals surface area contributed by atoms with Crippen LogP contribution in [0.2, 0.25) is 0 Å². The van der Waals surface area contributed by atoms with E-state index in [1.165, 1.54) is 19.1 Å². The van der Waals surface area contributed by atoms with Crippen molar-refractivity contribution < 1.29 is 67.1 Å². The third-order valence-electron chi connectivity index (χ3n) is 21.1. The van der Waals surface area contributed by atoms with Crippen LogP contribution in [-0.4, -0.2) is 191 Å². The minimum Gasteiger partial charge on any atom is -0.452 e. The second-order valence-electron chi connectivity index (χ2n) is 34.4. The first-order valence-corrected chi connectivity index (χ1v) is 45.6. The van der Waals surface area contributed by atoms with Crippen LogP contribution in [0.5, 0.6) is 0 Å². The van der Waals surface area contributed by atoms with Crippen molar-refractivity contribution in [1.29, 1.82) is 0 Å². The van der Waals surface area contributed by atoms with E-state index < -0.39 is 51.5 Å². The Morgan fingerprint density at radius 2 is 0.782 bits per heavy atom. The maximum absolute atomic E-state index is 12.7. The second kappa shape index (κ2) is 45.7. The third kappa shape index (κ3) is 26.7. The molecule has 0 radical (unpaired) electrons. The van der Waals surface area contributed by atoms with Crippen molar-refractivity contribution >= 4 is 119 Å². The molecule has 0 aliphatic carbocycles. The molecule has 3 atom stereocenters. The molecular weight excluding hydrogens is 1820 g/mol. The molecular formula is C96H103BrN18O15S3. The summed E-state index contributed by atoms with van der Waals surface area (Å²) >= 11 is 1.38. The largest absolute Gasteiger partial charge is 0.452 e. The Morgan fingerprint density at radius 1 is 0.421 bits per heavy atom. The first-order chi connectivity index (χ1) is 63.9. The van der Waals surface area contributed by atoms with Crippen molar-refractivity contribution in [2.45, 2.75) is 157 Å². The summed E-state index contributed by atoms with van der Waals surface area (Å²) in [4.78, 5) is 83.9. The molecule has 15 aromatic rings. The number of nitrogens with one attached hydrogen (secondary N) is 3. The van der Waals surface area contributed by atoms with Gasteiger partial charge >= 0.3 is 53.0 Å². The number of aryl methyl sites for hydroxylation is 3. The van der Waals surface area contributed by atoms with Crippen molar-refractivity contribution in [1.82, 2.24) is 73.3 Å². The summed E-state index contributed by atoms with van der Waals surface area (Å²) in [7, 11) is 0. The maximum atomic E-state index is 12.7. The molecule has 0 unspecified atom stereocenters. The highest BCUT2D eigenvalue weighted by Crippen LogP contribution is 2.41.